The SMILES string of the molecule is CC(N)(c1nc(Cc2cccc(Cl)c2)no1)C(F)(F)F. The third kappa shape index (κ3) is 2.94. The van der Waals surface area contributed by atoms with Gasteiger partial charge in [-0.05, 0) is 24.6 Å². The first kappa shape index (κ1) is 14.8. The number of benzene rings is 1. The molecule has 0 saturated heterocycles. The molecule has 0 fully saturated rings. The minimum atomic E-state index is -4.67. The van der Waals surface area contributed by atoms with E-state index >= 15 is 0 Å². The highest BCUT2D eigenvalue weighted by molar-refractivity contribution is 6.30. The molecule has 0 aliphatic carbocycles. The van der Waals surface area contributed by atoms with Crippen molar-refractivity contribution in [3.63, 3.8) is 0 Å². The Balaban J connectivity index is 2.22. The molecule has 2 aromatic rings. The van der Waals surface area contributed by atoms with Crippen molar-refractivity contribution in [3.8, 4) is 0 Å². The van der Waals surface area contributed by atoms with Gasteiger partial charge >= 0.3 is 6.18 Å². The Morgan fingerprint density at radius 3 is 2.65 bits per heavy atom. The second-order valence-electron chi connectivity index (χ2n) is 4.52. The predicted molar refractivity (Wildman–Crippen MR) is 66.2 cm³/mol. The van der Waals surface area contributed by atoms with E-state index in [9.17, 15) is 13.2 Å². The van der Waals surface area contributed by atoms with Crippen LogP contribution in [-0.2, 0) is 12.0 Å². The average molecular weight is 306 g/mol. The Bertz CT molecular complexity index is 610. The largest absolute Gasteiger partial charge is 0.415 e. The molecule has 20 heavy (non-hydrogen) atoms. The summed E-state index contributed by atoms with van der Waals surface area (Å²) >= 11 is 5.82. The number of hydrogen-bond acceptors (Lipinski definition) is 4. The molecule has 1 aromatic heterocycles. The van der Waals surface area contributed by atoms with Crippen molar-refractivity contribution < 1.29 is 17.7 Å². The van der Waals surface area contributed by atoms with E-state index < -0.39 is 17.6 Å². The number of nitrogens with two attached hydrogens (primary N) is 1. The van der Waals surface area contributed by atoms with Crippen LogP contribution in [0.15, 0.2) is 28.8 Å². The third-order valence-electron chi connectivity index (χ3n) is 2.75. The van der Waals surface area contributed by atoms with Gasteiger partial charge in [0.2, 0.25) is 0 Å². The molecule has 1 aromatic carbocycles. The van der Waals surface area contributed by atoms with Crippen LogP contribution in [0.3, 0.4) is 0 Å². The van der Waals surface area contributed by atoms with Crippen molar-refractivity contribution in [2.75, 3.05) is 0 Å². The predicted octanol–water partition coefficient (Wildman–Crippen LogP) is 3.05. The highest BCUT2D eigenvalue weighted by Gasteiger charge is 2.53. The zero-order valence-corrected chi connectivity index (χ0v) is 11.2. The van der Waals surface area contributed by atoms with Gasteiger partial charge in [-0.1, -0.05) is 28.9 Å². The normalized spacial score (nSPS) is 15.1. The monoisotopic (exact) mass is 305 g/mol. The average Bonchev–Trinajstić information content (AvgIpc) is 2.76. The van der Waals surface area contributed by atoms with Gasteiger partial charge in [0, 0.05) is 11.4 Å². The zero-order chi connectivity index (χ0) is 15.0. The topological polar surface area (TPSA) is 64.9 Å². The van der Waals surface area contributed by atoms with Gasteiger partial charge in [-0.3, -0.25) is 0 Å². The lowest BCUT2D eigenvalue weighted by Crippen LogP contribution is -2.48. The van der Waals surface area contributed by atoms with Crippen LogP contribution in [0.5, 0.6) is 0 Å². The fraction of sp³-hybridized carbons (Fsp3) is 0.333. The Kier molecular flexibility index (Phi) is 3.75. The minimum Gasteiger partial charge on any atom is -0.337 e. The molecule has 108 valence electrons. The molecule has 0 aliphatic rings. The first-order valence-corrected chi connectivity index (χ1v) is 6.01. The summed E-state index contributed by atoms with van der Waals surface area (Å²) in [7, 11) is 0. The highest BCUT2D eigenvalue weighted by Crippen LogP contribution is 2.35. The Labute approximate surface area is 117 Å². The molecule has 1 atom stereocenters. The first-order chi connectivity index (χ1) is 9.20. The van der Waals surface area contributed by atoms with Crippen molar-refractivity contribution in [2.24, 2.45) is 5.73 Å². The summed E-state index contributed by atoms with van der Waals surface area (Å²) in [4.78, 5) is 3.71. The quantitative estimate of drug-likeness (QED) is 0.946. The summed E-state index contributed by atoms with van der Waals surface area (Å²) in [6, 6.07) is 6.84. The van der Waals surface area contributed by atoms with Crippen LogP contribution in [0.2, 0.25) is 5.02 Å². The number of aromatic nitrogens is 2. The molecule has 0 amide bonds. The number of rotatable bonds is 3. The lowest BCUT2D eigenvalue weighted by Gasteiger charge is -2.22. The Morgan fingerprint density at radius 1 is 1.35 bits per heavy atom. The van der Waals surface area contributed by atoms with Gasteiger partial charge in [0.1, 0.15) is 0 Å². The summed E-state index contributed by atoms with van der Waals surface area (Å²) in [5.41, 5.74) is 3.29. The maximum Gasteiger partial charge on any atom is 0.415 e. The Morgan fingerprint density at radius 2 is 2.05 bits per heavy atom. The lowest BCUT2D eigenvalue weighted by molar-refractivity contribution is -0.190. The molecule has 1 heterocycles. The number of alkyl halides is 3. The molecule has 8 heteroatoms. The fourth-order valence-corrected chi connectivity index (χ4v) is 1.70. The minimum absolute atomic E-state index is 0.114. The Hall–Kier alpha value is -1.60. The van der Waals surface area contributed by atoms with E-state index in [2.05, 4.69) is 14.7 Å². The maximum absolute atomic E-state index is 12.7. The van der Waals surface area contributed by atoms with E-state index in [0.717, 1.165) is 12.5 Å². The molecule has 0 saturated carbocycles. The number of nitrogens with zero attached hydrogens (tertiary/aromatic N) is 2. The van der Waals surface area contributed by atoms with Crippen LogP contribution < -0.4 is 5.73 Å². The van der Waals surface area contributed by atoms with Gasteiger partial charge in [0.15, 0.2) is 11.4 Å². The summed E-state index contributed by atoms with van der Waals surface area (Å²) in [5, 5.41) is 4.03. The molecular weight excluding hydrogens is 295 g/mol. The van der Waals surface area contributed by atoms with E-state index in [1.807, 2.05) is 0 Å². The van der Waals surface area contributed by atoms with Gasteiger partial charge in [-0.15, -0.1) is 0 Å². The molecule has 0 bridgehead atoms. The molecule has 2 N–H and O–H groups in total. The van der Waals surface area contributed by atoms with Crippen LogP contribution in [0.4, 0.5) is 13.2 Å². The molecule has 0 aliphatic heterocycles. The highest BCUT2D eigenvalue weighted by atomic mass is 35.5. The van der Waals surface area contributed by atoms with Crippen LogP contribution >= 0.6 is 11.6 Å². The summed E-state index contributed by atoms with van der Waals surface area (Å²) in [6.45, 7) is 0.781. The van der Waals surface area contributed by atoms with Crippen molar-refractivity contribution >= 4 is 11.6 Å². The van der Waals surface area contributed by atoms with Gasteiger partial charge in [0.05, 0.1) is 0 Å². The van der Waals surface area contributed by atoms with Crippen molar-refractivity contribution in [3.05, 3.63) is 46.6 Å². The van der Waals surface area contributed by atoms with Crippen LogP contribution in [0.25, 0.3) is 0 Å². The number of halogens is 4. The molecule has 2 rings (SSSR count). The summed E-state index contributed by atoms with van der Waals surface area (Å²) in [6.07, 6.45) is -4.47. The van der Waals surface area contributed by atoms with Gasteiger partial charge < -0.3 is 10.3 Å². The molecule has 4 nitrogen and oxygen atoms in total. The lowest BCUT2D eigenvalue weighted by atomic mass is 10.0. The van der Waals surface area contributed by atoms with E-state index in [0.29, 0.717) is 5.02 Å². The van der Waals surface area contributed by atoms with Gasteiger partial charge in [-0.2, -0.15) is 18.2 Å². The van der Waals surface area contributed by atoms with Crippen molar-refractivity contribution in [1.82, 2.24) is 10.1 Å². The van der Waals surface area contributed by atoms with Crippen LogP contribution in [0, 0.1) is 0 Å². The standard InChI is InChI=1S/C12H11ClF3N3O/c1-11(17,12(14,15)16)10-18-9(19-20-10)6-7-3-2-4-8(13)5-7/h2-5H,6,17H2,1H3. The fourth-order valence-electron chi connectivity index (χ4n) is 1.49. The summed E-state index contributed by atoms with van der Waals surface area (Å²) in [5.74, 6) is -0.551. The molecular formula is C12H11ClF3N3O. The van der Waals surface area contributed by atoms with E-state index in [1.54, 1.807) is 24.3 Å². The van der Waals surface area contributed by atoms with E-state index in [4.69, 9.17) is 17.3 Å². The van der Waals surface area contributed by atoms with E-state index in [-0.39, 0.29) is 12.2 Å². The van der Waals surface area contributed by atoms with Gasteiger partial charge in [-0.25, -0.2) is 0 Å². The maximum atomic E-state index is 12.7. The number of hydrogen-bond donors (Lipinski definition) is 1. The molecule has 0 radical (unpaired) electrons. The third-order valence-corrected chi connectivity index (χ3v) is 2.99. The molecule has 1 unspecified atom stereocenters. The van der Waals surface area contributed by atoms with Crippen molar-refractivity contribution in [2.45, 2.75) is 25.1 Å². The second kappa shape index (κ2) is 5.06. The molecule has 0 spiro atoms. The van der Waals surface area contributed by atoms with Gasteiger partial charge in [0.25, 0.3) is 5.89 Å². The van der Waals surface area contributed by atoms with Crippen LogP contribution in [0.1, 0.15) is 24.2 Å². The van der Waals surface area contributed by atoms with E-state index in [1.165, 1.54) is 0 Å². The second-order valence-corrected chi connectivity index (χ2v) is 4.96. The first-order valence-electron chi connectivity index (χ1n) is 5.63. The smallest absolute Gasteiger partial charge is 0.337 e. The van der Waals surface area contributed by atoms with Crippen LogP contribution in [-0.4, -0.2) is 16.3 Å². The zero-order valence-electron chi connectivity index (χ0n) is 10.4. The van der Waals surface area contributed by atoms with Crippen molar-refractivity contribution in [1.29, 1.82) is 0 Å². The summed E-state index contributed by atoms with van der Waals surface area (Å²) < 4.78 is 42.8.